The Hall–Kier alpha value is -2.99. The van der Waals surface area contributed by atoms with Crippen LogP contribution in [0.3, 0.4) is 0 Å². The molecule has 1 N–H and O–H groups in total. The van der Waals surface area contributed by atoms with Gasteiger partial charge in [0, 0.05) is 42.0 Å². The molecule has 4 rings (SSSR count). The molecule has 0 fully saturated rings. The van der Waals surface area contributed by atoms with Crippen LogP contribution in [-0.2, 0) is 12.8 Å². The van der Waals surface area contributed by atoms with E-state index in [1.807, 2.05) is 19.1 Å². The van der Waals surface area contributed by atoms with Gasteiger partial charge in [-0.05, 0) is 62.2 Å². The van der Waals surface area contributed by atoms with Gasteiger partial charge in [0.25, 0.3) is 5.91 Å². The normalized spacial score (nSPS) is 13.1. The van der Waals surface area contributed by atoms with E-state index in [1.54, 1.807) is 30.5 Å². The largest absolute Gasteiger partial charge is 0.352 e. The van der Waals surface area contributed by atoms with Crippen molar-refractivity contribution >= 4 is 29.0 Å². The summed E-state index contributed by atoms with van der Waals surface area (Å²) in [4.78, 5) is 28.0. The van der Waals surface area contributed by atoms with Gasteiger partial charge in [0.2, 0.25) is 0 Å². The SMILES string of the molecule is Cc1nccc(N2CCCc3nc(CCNC(=O)c4ccc(Cl)cc4)ccc32)n1. The third kappa shape index (κ3) is 4.54. The van der Waals surface area contributed by atoms with Crippen LogP contribution < -0.4 is 10.2 Å². The Kier molecular flexibility index (Phi) is 5.71. The molecule has 2 aromatic heterocycles. The molecule has 0 spiro atoms. The van der Waals surface area contributed by atoms with Gasteiger partial charge in [0.05, 0.1) is 11.4 Å². The summed E-state index contributed by atoms with van der Waals surface area (Å²) in [5.41, 5.74) is 3.75. The van der Waals surface area contributed by atoms with Crippen LogP contribution in [0, 0.1) is 6.92 Å². The minimum atomic E-state index is -0.107. The van der Waals surface area contributed by atoms with Crippen LogP contribution in [0.4, 0.5) is 11.5 Å². The molecule has 3 aromatic rings. The van der Waals surface area contributed by atoms with E-state index in [2.05, 4.69) is 26.3 Å². The smallest absolute Gasteiger partial charge is 0.251 e. The summed E-state index contributed by atoms with van der Waals surface area (Å²) >= 11 is 5.87. The first-order valence-electron chi connectivity index (χ1n) is 9.70. The van der Waals surface area contributed by atoms with Crippen LogP contribution >= 0.6 is 11.6 Å². The molecule has 7 heteroatoms. The first-order chi connectivity index (χ1) is 14.1. The van der Waals surface area contributed by atoms with Crippen molar-refractivity contribution in [3.05, 3.63) is 76.5 Å². The molecule has 3 heterocycles. The Morgan fingerprint density at radius 3 is 2.76 bits per heavy atom. The minimum absolute atomic E-state index is 0.107. The Bertz CT molecular complexity index is 1020. The molecule has 0 radical (unpaired) electrons. The Morgan fingerprint density at radius 1 is 1.14 bits per heavy atom. The topological polar surface area (TPSA) is 71.0 Å². The third-order valence-corrected chi connectivity index (χ3v) is 5.16. The van der Waals surface area contributed by atoms with E-state index in [1.165, 1.54) is 0 Å². The van der Waals surface area contributed by atoms with Gasteiger partial charge in [-0.15, -0.1) is 0 Å². The second kappa shape index (κ2) is 8.57. The van der Waals surface area contributed by atoms with Crippen molar-refractivity contribution < 1.29 is 4.79 Å². The molecule has 1 amide bonds. The number of fused-ring (bicyclic) bond motifs is 1. The van der Waals surface area contributed by atoms with E-state index in [4.69, 9.17) is 16.6 Å². The quantitative estimate of drug-likeness (QED) is 0.694. The monoisotopic (exact) mass is 407 g/mol. The molecule has 0 unspecified atom stereocenters. The van der Waals surface area contributed by atoms with Gasteiger partial charge >= 0.3 is 0 Å². The lowest BCUT2D eigenvalue weighted by Gasteiger charge is -2.30. The van der Waals surface area contributed by atoms with E-state index in [0.717, 1.165) is 48.1 Å². The summed E-state index contributed by atoms with van der Waals surface area (Å²) in [6.07, 6.45) is 4.44. The Labute approximate surface area is 175 Å². The fourth-order valence-electron chi connectivity index (χ4n) is 3.47. The van der Waals surface area contributed by atoms with Crippen LogP contribution in [0.25, 0.3) is 0 Å². The number of amides is 1. The number of benzene rings is 1. The number of halogens is 1. The Balaban J connectivity index is 1.41. The molecule has 0 saturated heterocycles. The van der Waals surface area contributed by atoms with E-state index in [0.29, 0.717) is 23.6 Å². The lowest BCUT2D eigenvalue weighted by atomic mass is 10.1. The number of nitrogens with one attached hydrogen (secondary N) is 1. The number of rotatable bonds is 5. The van der Waals surface area contributed by atoms with Gasteiger partial charge in [-0.25, -0.2) is 9.97 Å². The van der Waals surface area contributed by atoms with E-state index < -0.39 is 0 Å². The molecule has 0 aliphatic carbocycles. The average molecular weight is 408 g/mol. The average Bonchev–Trinajstić information content (AvgIpc) is 2.73. The Morgan fingerprint density at radius 2 is 1.97 bits per heavy atom. The van der Waals surface area contributed by atoms with Crippen molar-refractivity contribution in [2.45, 2.75) is 26.2 Å². The molecule has 1 aromatic carbocycles. The predicted octanol–water partition coefficient (Wildman–Crippen LogP) is 3.89. The first kappa shape index (κ1) is 19.3. The highest BCUT2D eigenvalue weighted by atomic mass is 35.5. The van der Waals surface area contributed by atoms with Crippen LogP contribution in [0.5, 0.6) is 0 Å². The van der Waals surface area contributed by atoms with Gasteiger partial charge < -0.3 is 10.2 Å². The number of aromatic nitrogens is 3. The molecule has 0 atom stereocenters. The maximum atomic E-state index is 12.2. The summed E-state index contributed by atoms with van der Waals surface area (Å²) in [5.74, 6) is 1.56. The predicted molar refractivity (Wildman–Crippen MR) is 114 cm³/mol. The standard InChI is InChI=1S/C22H22ClN5O/c1-15-24-13-11-21(26-15)28-14-2-3-19-20(28)9-8-18(27-19)10-12-25-22(29)16-4-6-17(23)7-5-16/h4-9,11,13H,2-3,10,12,14H2,1H3,(H,25,29). The fraction of sp³-hybridized carbons (Fsp3) is 0.273. The highest BCUT2D eigenvalue weighted by molar-refractivity contribution is 6.30. The highest BCUT2D eigenvalue weighted by Crippen LogP contribution is 2.31. The lowest BCUT2D eigenvalue weighted by Crippen LogP contribution is -2.27. The maximum Gasteiger partial charge on any atom is 0.251 e. The van der Waals surface area contributed by atoms with E-state index >= 15 is 0 Å². The molecule has 6 nitrogen and oxygen atoms in total. The zero-order chi connectivity index (χ0) is 20.2. The van der Waals surface area contributed by atoms with Crippen molar-refractivity contribution in [1.82, 2.24) is 20.3 Å². The molecule has 1 aliphatic rings. The molecule has 1 aliphatic heterocycles. The van der Waals surface area contributed by atoms with E-state index in [9.17, 15) is 4.79 Å². The number of nitrogens with zero attached hydrogens (tertiary/aromatic N) is 4. The number of carbonyl (C=O) groups excluding carboxylic acids is 1. The van der Waals surface area contributed by atoms with Gasteiger partial charge in [-0.1, -0.05) is 11.6 Å². The minimum Gasteiger partial charge on any atom is -0.352 e. The van der Waals surface area contributed by atoms with E-state index in [-0.39, 0.29) is 5.91 Å². The van der Waals surface area contributed by atoms with Gasteiger partial charge in [0.15, 0.2) is 0 Å². The third-order valence-electron chi connectivity index (χ3n) is 4.90. The van der Waals surface area contributed by atoms with Gasteiger partial charge in [0.1, 0.15) is 11.6 Å². The number of hydrogen-bond donors (Lipinski definition) is 1. The number of carbonyl (C=O) groups is 1. The first-order valence-corrected chi connectivity index (χ1v) is 10.1. The van der Waals surface area contributed by atoms with Crippen LogP contribution in [0.15, 0.2) is 48.7 Å². The number of hydrogen-bond acceptors (Lipinski definition) is 5. The highest BCUT2D eigenvalue weighted by Gasteiger charge is 2.21. The summed E-state index contributed by atoms with van der Waals surface area (Å²) in [5, 5.41) is 3.56. The molecule has 29 heavy (non-hydrogen) atoms. The fourth-order valence-corrected chi connectivity index (χ4v) is 3.60. The van der Waals surface area contributed by atoms with Crippen LogP contribution in [0.1, 0.15) is 34.0 Å². The molecular formula is C22H22ClN5O. The zero-order valence-corrected chi connectivity index (χ0v) is 17.0. The maximum absolute atomic E-state index is 12.2. The second-order valence-corrected chi connectivity index (χ2v) is 7.43. The summed E-state index contributed by atoms with van der Waals surface area (Å²) < 4.78 is 0. The van der Waals surface area contributed by atoms with Crippen molar-refractivity contribution in [1.29, 1.82) is 0 Å². The van der Waals surface area contributed by atoms with Crippen molar-refractivity contribution in [3.8, 4) is 0 Å². The van der Waals surface area contributed by atoms with Crippen molar-refractivity contribution in [3.63, 3.8) is 0 Å². The number of aryl methyl sites for hydroxylation is 2. The van der Waals surface area contributed by atoms with Crippen molar-refractivity contribution in [2.75, 3.05) is 18.0 Å². The summed E-state index contributed by atoms with van der Waals surface area (Å²) in [7, 11) is 0. The van der Waals surface area contributed by atoms with Crippen LogP contribution in [-0.4, -0.2) is 33.9 Å². The zero-order valence-electron chi connectivity index (χ0n) is 16.2. The molecular weight excluding hydrogens is 386 g/mol. The number of pyridine rings is 1. The van der Waals surface area contributed by atoms with Crippen molar-refractivity contribution in [2.24, 2.45) is 0 Å². The number of anilines is 2. The molecule has 148 valence electrons. The molecule has 0 saturated carbocycles. The van der Waals surface area contributed by atoms with Crippen LogP contribution in [0.2, 0.25) is 5.02 Å². The van der Waals surface area contributed by atoms with Gasteiger partial charge in [-0.2, -0.15) is 0 Å². The second-order valence-electron chi connectivity index (χ2n) is 7.00. The summed E-state index contributed by atoms with van der Waals surface area (Å²) in [6, 6.07) is 12.9. The molecule has 0 bridgehead atoms. The summed E-state index contributed by atoms with van der Waals surface area (Å²) in [6.45, 7) is 3.34. The lowest BCUT2D eigenvalue weighted by molar-refractivity contribution is 0.0954. The van der Waals surface area contributed by atoms with Gasteiger partial charge in [-0.3, -0.25) is 9.78 Å².